The number of nitrogens with one attached hydrogen (secondary N) is 1. The summed E-state index contributed by atoms with van der Waals surface area (Å²) in [5.41, 5.74) is 5.85. The smallest absolute Gasteiger partial charge is 0.225 e. The molecule has 3 nitrogen and oxygen atoms in total. The van der Waals surface area contributed by atoms with Gasteiger partial charge in [-0.15, -0.1) is 0 Å². The molecule has 0 saturated heterocycles. The van der Waals surface area contributed by atoms with Gasteiger partial charge in [0.15, 0.2) is 0 Å². The molecule has 1 rings (SSSR count). The zero-order valence-corrected chi connectivity index (χ0v) is 9.73. The number of carbonyl (C=O) groups excluding carboxylic acids is 1. The van der Waals surface area contributed by atoms with Crippen LogP contribution < -0.4 is 11.1 Å². The predicted molar refractivity (Wildman–Crippen MR) is 61.5 cm³/mol. The van der Waals surface area contributed by atoms with Gasteiger partial charge in [-0.3, -0.25) is 4.79 Å². The van der Waals surface area contributed by atoms with Crippen LogP contribution in [0.4, 0.5) is 5.69 Å². The zero-order valence-electron chi connectivity index (χ0n) is 7.39. The zero-order chi connectivity index (χ0) is 10.6. The van der Waals surface area contributed by atoms with Crippen molar-refractivity contribution < 1.29 is 4.79 Å². The lowest BCUT2D eigenvalue weighted by Gasteiger charge is -2.06. The van der Waals surface area contributed by atoms with E-state index in [9.17, 15) is 4.79 Å². The molecule has 0 unspecified atom stereocenters. The van der Waals surface area contributed by atoms with Gasteiger partial charge in [0.25, 0.3) is 0 Å². The molecule has 76 valence electrons. The highest BCUT2D eigenvalue weighted by atomic mass is 79.9. The number of nitrogens with two attached hydrogens (primary N) is 1. The van der Waals surface area contributed by atoms with Crippen LogP contribution in [0.15, 0.2) is 22.7 Å². The van der Waals surface area contributed by atoms with Gasteiger partial charge in [-0.05, 0) is 18.2 Å². The maximum absolute atomic E-state index is 11.2. The first-order chi connectivity index (χ1) is 6.63. The Balaban J connectivity index is 2.72. The van der Waals surface area contributed by atoms with E-state index in [1.165, 1.54) is 0 Å². The van der Waals surface area contributed by atoms with Crippen LogP contribution in [0, 0.1) is 0 Å². The lowest BCUT2D eigenvalue weighted by atomic mass is 10.3. The number of halogens is 2. The molecule has 0 saturated carbocycles. The van der Waals surface area contributed by atoms with Crippen LogP contribution >= 0.6 is 27.5 Å². The molecule has 0 aliphatic carbocycles. The number of hydrogen-bond acceptors (Lipinski definition) is 2. The second-order valence-corrected chi connectivity index (χ2v) is 4.03. The lowest BCUT2D eigenvalue weighted by molar-refractivity contribution is -0.116. The molecule has 0 atom stereocenters. The van der Waals surface area contributed by atoms with Crippen molar-refractivity contribution in [3.8, 4) is 0 Å². The first-order valence-electron chi connectivity index (χ1n) is 4.08. The molecule has 0 aliphatic rings. The van der Waals surface area contributed by atoms with Gasteiger partial charge in [-0.25, -0.2) is 0 Å². The van der Waals surface area contributed by atoms with Crippen molar-refractivity contribution in [2.75, 3.05) is 11.9 Å². The number of benzene rings is 1. The average molecular weight is 278 g/mol. The highest BCUT2D eigenvalue weighted by Gasteiger charge is 2.04. The Hall–Kier alpha value is -0.580. The molecule has 1 aromatic carbocycles. The normalized spacial score (nSPS) is 9.93. The van der Waals surface area contributed by atoms with Crippen LogP contribution in [0.5, 0.6) is 0 Å². The van der Waals surface area contributed by atoms with Crippen LogP contribution in [-0.2, 0) is 4.79 Å². The summed E-state index contributed by atoms with van der Waals surface area (Å²) in [6.45, 7) is 0.333. The number of hydrogen-bond donors (Lipinski definition) is 2. The summed E-state index contributed by atoms with van der Waals surface area (Å²) >= 11 is 9.17. The fourth-order valence-corrected chi connectivity index (χ4v) is 1.66. The van der Waals surface area contributed by atoms with E-state index in [2.05, 4.69) is 21.2 Å². The topological polar surface area (TPSA) is 55.1 Å². The molecule has 0 fully saturated rings. The van der Waals surface area contributed by atoms with Crippen LogP contribution in [-0.4, -0.2) is 12.5 Å². The number of rotatable bonds is 3. The van der Waals surface area contributed by atoms with Gasteiger partial charge in [-0.1, -0.05) is 27.5 Å². The first kappa shape index (κ1) is 11.5. The average Bonchev–Trinajstić information content (AvgIpc) is 2.10. The standard InChI is InChI=1S/C9H10BrClN2O/c10-6-1-2-8(7(11)5-6)13-9(14)3-4-12/h1-2,5H,3-4,12H2,(H,13,14). The van der Waals surface area contributed by atoms with Gasteiger partial charge in [0.1, 0.15) is 0 Å². The highest BCUT2D eigenvalue weighted by Crippen LogP contribution is 2.25. The van der Waals surface area contributed by atoms with Crippen molar-refractivity contribution in [3.05, 3.63) is 27.7 Å². The molecule has 0 spiro atoms. The summed E-state index contributed by atoms with van der Waals surface area (Å²) in [5, 5.41) is 3.17. The second kappa shape index (κ2) is 5.34. The summed E-state index contributed by atoms with van der Waals surface area (Å²) in [6.07, 6.45) is 0.298. The summed E-state index contributed by atoms with van der Waals surface area (Å²) in [4.78, 5) is 11.2. The van der Waals surface area contributed by atoms with E-state index in [-0.39, 0.29) is 5.91 Å². The second-order valence-electron chi connectivity index (χ2n) is 2.71. The minimum absolute atomic E-state index is 0.128. The number of carbonyl (C=O) groups is 1. The maximum atomic E-state index is 11.2. The van der Waals surface area contributed by atoms with Gasteiger partial charge >= 0.3 is 0 Å². The molecule has 0 bridgehead atoms. The van der Waals surface area contributed by atoms with Crippen molar-refractivity contribution in [3.63, 3.8) is 0 Å². The summed E-state index contributed by atoms with van der Waals surface area (Å²) in [6, 6.07) is 5.27. The van der Waals surface area contributed by atoms with E-state index in [0.717, 1.165) is 4.47 Å². The summed E-state index contributed by atoms with van der Waals surface area (Å²) in [7, 11) is 0. The molecule has 0 heterocycles. The molecule has 1 aromatic rings. The van der Waals surface area contributed by atoms with Crippen molar-refractivity contribution in [2.24, 2.45) is 5.73 Å². The third kappa shape index (κ3) is 3.29. The quantitative estimate of drug-likeness (QED) is 0.891. The SMILES string of the molecule is NCCC(=O)Nc1ccc(Br)cc1Cl. The molecule has 0 radical (unpaired) electrons. The molecule has 0 aromatic heterocycles. The van der Waals surface area contributed by atoms with Crippen molar-refractivity contribution >= 4 is 39.1 Å². The first-order valence-corrected chi connectivity index (χ1v) is 5.25. The third-order valence-corrected chi connectivity index (χ3v) is 2.38. The van der Waals surface area contributed by atoms with Crippen LogP contribution in [0.3, 0.4) is 0 Å². The Morgan fingerprint density at radius 3 is 2.86 bits per heavy atom. The van der Waals surface area contributed by atoms with Crippen LogP contribution in [0.2, 0.25) is 5.02 Å². The predicted octanol–water partition coefficient (Wildman–Crippen LogP) is 2.39. The Morgan fingerprint density at radius 2 is 2.29 bits per heavy atom. The van der Waals surface area contributed by atoms with Crippen molar-refractivity contribution in [2.45, 2.75) is 6.42 Å². The molecule has 1 amide bonds. The molecule has 0 aliphatic heterocycles. The monoisotopic (exact) mass is 276 g/mol. The van der Waals surface area contributed by atoms with E-state index in [1.807, 2.05) is 6.07 Å². The molecular weight excluding hydrogens is 267 g/mol. The van der Waals surface area contributed by atoms with Gasteiger partial charge in [0.2, 0.25) is 5.91 Å². The van der Waals surface area contributed by atoms with Crippen molar-refractivity contribution in [1.29, 1.82) is 0 Å². The maximum Gasteiger partial charge on any atom is 0.225 e. The van der Waals surface area contributed by atoms with Crippen molar-refractivity contribution in [1.82, 2.24) is 0 Å². The van der Waals surface area contributed by atoms with E-state index < -0.39 is 0 Å². The Kier molecular flexibility index (Phi) is 4.38. The molecular formula is C9H10BrClN2O. The largest absolute Gasteiger partial charge is 0.330 e. The summed E-state index contributed by atoms with van der Waals surface area (Å²) < 4.78 is 0.874. The van der Waals surface area contributed by atoms with Crippen LogP contribution in [0.1, 0.15) is 6.42 Å². The lowest BCUT2D eigenvalue weighted by Crippen LogP contribution is -2.16. The fourth-order valence-electron chi connectivity index (χ4n) is 0.935. The molecule has 5 heteroatoms. The number of anilines is 1. The van der Waals surface area contributed by atoms with Gasteiger partial charge < -0.3 is 11.1 Å². The Labute approximate surface area is 95.7 Å². The van der Waals surface area contributed by atoms with E-state index in [1.54, 1.807) is 12.1 Å². The molecule has 3 N–H and O–H groups in total. The Morgan fingerprint density at radius 1 is 1.57 bits per heavy atom. The Bertz CT molecular complexity index is 344. The van der Waals surface area contributed by atoms with E-state index in [4.69, 9.17) is 17.3 Å². The fraction of sp³-hybridized carbons (Fsp3) is 0.222. The highest BCUT2D eigenvalue weighted by molar-refractivity contribution is 9.10. The summed E-state index contributed by atoms with van der Waals surface area (Å²) in [5.74, 6) is -0.128. The van der Waals surface area contributed by atoms with Gasteiger partial charge in [-0.2, -0.15) is 0 Å². The van der Waals surface area contributed by atoms with Crippen LogP contribution in [0.25, 0.3) is 0 Å². The van der Waals surface area contributed by atoms with Gasteiger partial charge in [0, 0.05) is 17.4 Å². The number of amides is 1. The molecule has 14 heavy (non-hydrogen) atoms. The minimum atomic E-state index is -0.128. The minimum Gasteiger partial charge on any atom is -0.330 e. The van der Waals surface area contributed by atoms with Gasteiger partial charge in [0.05, 0.1) is 10.7 Å². The van der Waals surface area contributed by atoms with E-state index in [0.29, 0.717) is 23.7 Å². The van der Waals surface area contributed by atoms with E-state index >= 15 is 0 Å². The third-order valence-electron chi connectivity index (χ3n) is 1.58.